The second kappa shape index (κ2) is 17.1. The molecular weight excluding hydrogens is 628 g/mol. The number of hydrogen-bond acceptors (Lipinski definition) is 8. The smallest absolute Gasteiger partial charge is 0.409 e. The molecular formula is C36H48N6O7. The molecule has 0 radical (unpaired) electrons. The molecule has 4 heterocycles. The quantitative estimate of drug-likeness (QED) is 0.321. The molecule has 4 amide bonds. The maximum absolute atomic E-state index is 13.8. The first-order chi connectivity index (χ1) is 23.7. The van der Waals surface area contributed by atoms with Crippen molar-refractivity contribution in [3.63, 3.8) is 0 Å². The van der Waals surface area contributed by atoms with E-state index in [1.807, 2.05) is 48.2 Å². The third-order valence-corrected chi connectivity index (χ3v) is 9.56. The molecule has 0 saturated carbocycles. The van der Waals surface area contributed by atoms with Crippen molar-refractivity contribution in [3.8, 4) is 11.3 Å². The summed E-state index contributed by atoms with van der Waals surface area (Å²) >= 11 is 0. The standard InChI is InChI=1S/C36H48N6O7/c1-2-3-23-49-36(48)42-21-19-41(20-22-42)35(47)29(11-12-32(43)44)38-33(45)31-25-28(24-30(37-31)26-9-5-4-6-10-26)39-17-13-27(14-18-39)34(46)40-15-7-8-16-40/h4-6,9-10,24-25,27,29H,2-3,7-8,11-23H2,1H3,(H,38,45)(H,43,44)/t29-/m0/s1. The molecule has 1 aromatic carbocycles. The molecule has 3 aliphatic heterocycles. The molecule has 13 heteroatoms. The number of nitrogens with zero attached hydrogens (tertiary/aromatic N) is 5. The number of hydrogen-bond donors (Lipinski definition) is 2. The van der Waals surface area contributed by atoms with Crippen LogP contribution < -0.4 is 10.2 Å². The Morgan fingerprint density at radius 1 is 0.898 bits per heavy atom. The minimum Gasteiger partial charge on any atom is -0.481 e. The first-order valence-electron chi connectivity index (χ1n) is 17.6. The number of likely N-dealkylation sites (tertiary alicyclic amines) is 1. The van der Waals surface area contributed by atoms with Crippen molar-refractivity contribution in [2.24, 2.45) is 5.92 Å². The van der Waals surface area contributed by atoms with Gasteiger partial charge in [0.1, 0.15) is 11.7 Å². The highest BCUT2D eigenvalue weighted by molar-refractivity contribution is 5.97. The lowest BCUT2D eigenvalue weighted by Crippen LogP contribution is -2.56. The van der Waals surface area contributed by atoms with Gasteiger partial charge in [0.15, 0.2) is 0 Å². The van der Waals surface area contributed by atoms with E-state index in [2.05, 4.69) is 15.2 Å². The molecule has 0 aliphatic carbocycles. The van der Waals surface area contributed by atoms with E-state index in [4.69, 9.17) is 4.74 Å². The van der Waals surface area contributed by atoms with Crippen molar-refractivity contribution < 1.29 is 33.8 Å². The summed E-state index contributed by atoms with van der Waals surface area (Å²) in [6.45, 7) is 6.37. The number of piperidine rings is 1. The zero-order chi connectivity index (χ0) is 34.8. The number of carboxylic acid groups (broad SMARTS) is 1. The fraction of sp³-hybridized carbons (Fsp3) is 0.556. The average molecular weight is 677 g/mol. The Hall–Kier alpha value is -4.68. The highest BCUT2D eigenvalue weighted by Crippen LogP contribution is 2.29. The Kier molecular flexibility index (Phi) is 12.4. The molecule has 0 spiro atoms. The Morgan fingerprint density at radius 2 is 1.57 bits per heavy atom. The van der Waals surface area contributed by atoms with Gasteiger partial charge in [-0.2, -0.15) is 0 Å². The Bertz CT molecular complexity index is 1470. The number of ether oxygens (including phenoxy) is 1. The highest BCUT2D eigenvalue weighted by Gasteiger charge is 2.33. The zero-order valence-electron chi connectivity index (χ0n) is 28.3. The van der Waals surface area contributed by atoms with Gasteiger partial charge in [0.25, 0.3) is 5.91 Å². The number of aromatic nitrogens is 1. The molecule has 49 heavy (non-hydrogen) atoms. The van der Waals surface area contributed by atoms with E-state index in [1.165, 1.54) is 0 Å². The maximum Gasteiger partial charge on any atom is 0.409 e. The number of aliphatic carboxylic acids is 1. The SMILES string of the molecule is CCCCOC(=O)N1CCN(C(=O)[C@H](CCC(=O)O)NC(=O)c2cc(N3CCC(C(=O)N4CCCC4)CC3)cc(-c3ccccc3)n2)CC1. The number of nitrogens with one attached hydrogen (secondary N) is 1. The van der Waals surface area contributed by atoms with E-state index in [-0.39, 0.29) is 56.5 Å². The summed E-state index contributed by atoms with van der Waals surface area (Å²) in [5.41, 5.74) is 2.32. The van der Waals surface area contributed by atoms with Crippen LogP contribution in [0.25, 0.3) is 11.3 Å². The van der Waals surface area contributed by atoms with Gasteiger partial charge in [-0.15, -0.1) is 0 Å². The average Bonchev–Trinajstić information content (AvgIpc) is 3.68. The normalized spacial score (nSPS) is 17.5. The molecule has 13 nitrogen and oxygen atoms in total. The largest absolute Gasteiger partial charge is 0.481 e. The summed E-state index contributed by atoms with van der Waals surface area (Å²) in [6, 6.07) is 12.1. The van der Waals surface area contributed by atoms with Crippen molar-refractivity contribution in [2.75, 3.05) is 63.9 Å². The van der Waals surface area contributed by atoms with Crippen LogP contribution >= 0.6 is 0 Å². The number of anilines is 1. The number of rotatable bonds is 12. The lowest BCUT2D eigenvalue weighted by atomic mass is 9.94. The number of benzene rings is 1. The number of carbonyl (C=O) groups excluding carboxylic acids is 4. The molecule has 5 rings (SSSR count). The van der Waals surface area contributed by atoms with E-state index in [1.54, 1.807) is 15.9 Å². The fourth-order valence-electron chi connectivity index (χ4n) is 6.63. The van der Waals surface area contributed by atoms with Crippen LogP contribution in [-0.4, -0.2) is 120 Å². The van der Waals surface area contributed by atoms with Crippen molar-refractivity contribution >= 4 is 35.5 Å². The van der Waals surface area contributed by atoms with E-state index < -0.39 is 29.9 Å². The van der Waals surface area contributed by atoms with E-state index in [0.29, 0.717) is 25.4 Å². The fourth-order valence-corrected chi connectivity index (χ4v) is 6.63. The number of unbranched alkanes of at least 4 members (excludes halogenated alkanes) is 1. The van der Waals surface area contributed by atoms with Crippen LogP contribution in [0.5, 0.6) is 0 Å². The van der Waals surface area contributed by atoms with Crippen LogP contribution in [-0.2, 0) is 19.1 Å². The summed E-state index contributed by atoms with van der Waals surface area (Å²) in [5.74, 6) is -1.84. The van der Waals surface area contributed by atoms with Gasteiger partial charge in [-0.25, -0.2) is 9.78 Å². The number of piperazine rings is 1. The van der Waals surface area contributed by atoms with Crippen molar-refractivity contribution in [3.05, 3.63) is 48.2 Å². The lowest BCUT2D eigenvalue weighted by Gasteiger charge is -2.36. The number of pyridine rings is 1. The summed E-state index contributed by atoms with van der Waals surface area (Å²) in [6.07, 6.45) is 4.42. The van der Waals surface area contributed by atoms with Gasteiger partial charge in [-0.1, -0.05) is 43.7 Å². The van der Waals surface area contributed by atoms with Crippen LogP contribution in [0.1, 0.15) is 68.8 Å². The summed E-state index contributed by atoms with van der Waals surface area (Å²) in [5, 5.41) is 12.2. The van der Waals surface area contributed by atoms with E-state index in [9.17, 15) is 29.1 Å². The van der Waals surface area contributed by atoms with Crippen molar-refractivity contribution in [1.29, 1.82) is 0 Å². The minimum absolute atomic E-state index is 0.0119. The first kappa shape index (κ1) is 35.6. The van der Waals surface area contributed by atoms with Gasteiger partial charge in [0, 0.05) is 75.9 Å². The molecule has 0 bridgehead atoms. The maximum atomic E-state index is 13.8. The van der Waals surface area contributed by atoms with Crippen molar-refractivity contribution in [2.45, 2.75) is 64.3 Å². The first-order valence-corrected chi connectivity index (χ1v) is 17.6. The van der Waals surface area contributed by atoms with Gasteiger partial charge < -0.3 is 34.8 Å². The molecule has 3 fully saturated rings. The Labute approximate surface area is 287 Å². The van der Waals surface area contributed by atoms with Gasteiger partial charge >= 0.3 is 12.1 Å². The molecule has 1 aromatic heterocycles. The van der Waals surface area contributed by atoms with Gasteiger partial charge in [0.2, 0.25) is 11.8 Å². The Balaban J connectivity index is 1.29. The van der Waals surface area contributed by atoms with Crippen LogP contribution in [0.15, 0.2) is 42.5 Å². The summed E-state index contributed by atoms with van der Waals surface area (Å²) in [4.78, 5) is 76.4. The molecule has 264 valence electrons. The zero-order valence-corrected chi connectivity index (χ0v) is 28.3. The topological polar surface area (TPSA) is 153 Å². The Morgan fingerprint density at radius 3 is 2.22 bits per heavy atom. The number of carboxylic acids is 1. The number of carbonyl (C=O) groups is 5. The van der Waals surface area contributed by atoms with E-state index in [0.717, 1.165) is 62.9 Å². The predicted molar refractivity (Wildman–Crippen MR) is 183 cm³/mol. The van der Waals surface area contributed by atoms with Crippen LogP contribution in [0.3, 0.4) is 0 Å². The van der Waals surface area contributed by atoms with Crippen LogP contribution in [0.2, 0.25) is 0 Å². The second-order valence-electron chi connectivity index (χ2n) is 13.0. The molecule has 2 N–H and O–H groups in total. The third kappa shape index (κ3) is 9.48. The highest BCUT2D eigenvalue weighted by atomic mass is 16.6. The summed E-state index contributed by atoms with van der Waals surface area (Å²) < 4.78 is 5.30. The number of amides is 4. The second-order valence-corrected chi connectivity index (χ2v) is 13.0. The molecule has 1 atom stereocenters. The molecule has 0 unspecified atom stereocenters. The third-order valence-electron chi connectivity index (χ3n) is 9.56. The summed E-state index contributed by atoms with van der Waals surface area (Å²) in [7, 11) is 0. The predicted octanol–water partition coefficient (Wildman–Crippen LogP) is 3.63. The van der Waals surface area contributed by atoms with Gasteiger partial charge in [-0.05, 0) is 50.7 Å². The van der Waals surface area contributed by atoms with Crippen molar-refractivity contribution in [1.82, 2.24) is 25.0 Å². The lowest BCUT2D eigenvalue weighted by molar-refractivity contribution is -0.138. The van der Waals surface area contributed by atoms with Gasteiger partial charge in [-0.3, -0.25) is 19.2 Å². The van der Waals surface area contributed by atoms with E-state index >= 15 is 0 Å². The molecule has 3 saturated heterocycles. The van der Waals surface area contributed by atoms with Gasteiger partial charge in [0.05, 0.1) is 12.3 Å². The van der Waals surface area contributed by atoms with Crippen LogP contribution in [0, 0.1) is 5.92 Å². The molecule has 2 aromatic rings. The minimum atomic E-state index is -1.09. The van der Waals surface area contributed by atoms with Crippen LogP contribution in [0.4, 0.5) is 10.5 Å². The monoisotopic (exact) mass is 676 g/mol. The molecule has 3 aliphatic rings.